The summed E-state index contributed by atoms with van der Waals surface area (Å²) in [5.74, 6) is 0. The van der Waals surface area contributed by atoms with Crippen molar-refractivity contribution in [3.63, 3.8) is 0 Å². The van der Waals surface area contributed by atoms with Crippen LogP contribution in [0, 0.1) is 0 Å². The fourth-order valence-electron chi connectivity index (χ4n) is 2.32. The largest absolute Gasteiger partial charge is 0.378 e. The van der Waals surface area contributed by atoms with Crippen molar-refractivity contribution >= 4 is 16.5 Å². The van der Waals surface area contributed by atoms with Crippen LogP contribution in [0.2, 0.25) is 0 Å². The molecular weight excluding hydrogens is 260 g/mol. The predicted octanol–water partition coefficient (Wildman–Crippen LogP) is 1.28. The van der Waals surface area contributed by atoms with Crippen molar-refractivity contribution in [2.45, 2.75) is 32.5 Å². The molecule has 2 heterocycles. The van der Waals surface area contributed by atoms with Crippen molar-refractivity contribution in [3.8, 4) is 0 Å². The Labute approximate surface area is 119 Å². The highest BCUT2D eigenvalue weighted by Crippen LogP contribution is 2.30. The molecule has 2 N–H and O–H groups in total. The molecule has 0 saturated carbocycles. The first-order valence-electron chi connectivity index (χ1n) is 6.61. The number of nitrogens with zero attached hydrogens (tertiary/aromatic N) is 3. The minimum Gasteiger partial charge on any atom is -0.378 e. The first kappa shape index (κ1) is 14.7. The minimum absolute atomic E-state index is 0.175. The second-order valence-electron chi connectivity index (χ2n) is 5.66. The van der Waals surface area contributed by atoms with E-state index in [0.29, 0.717) is 13.2 Å². The zero-order valence-electron chi connectivity index (χ0n) is 12.3. The summed E-state index contributed by atoms with van der Waals surface area (Å²) in [6, 6.07) is 0. The highest BCUT2D eigenvalue weighted by Gasteiger charge is 2.32. The van der Waals surface area contributed by atoms with Crippen LogP contribution in [0.4, 0.5) is 5.13 Å². The molecule has 1 saturated heterocycles. The van der Waals surface area contributed by atoms with E-state index in [-0.39, 0.29) is 5.54 Å². The van der Waals surface area contributed by atoms with E-state index in [9.17, 15) is 0 Å². The number of anilines is 1. The smallest absolute Gasteiger partial charge is 0.186 e. The van der Waals surface area contributed by atoms with Gasteiger partial charge in [-0.25, -0.2) is 4.98 Å². The molecule has 0 bridgehead atoms. The van der Waals surface area contributed by atoms with E-state index in [0.717, 1.165) is 35.3 Å². The van der Waals surface area contributed by atoms with Crippen molar-refractivity contribution in [3.05, 3.63) is 10.6 Å². The molecule has 1 fully saturated rings. The van der Waals surface area contributed by atoms with Crippen LogP contribution in [-0.2, 0) is 17.9 Å². The molecule has 0 unspecified atom stereocenters. The van der Waals surface area contributed by atoms with Gasteiger partial charge in [0.15, 0.2) is 5.13 Å². The zero-order chi connectivity index (χ0) is 14.0. The topological polar surface area (TPSA) is 54.6 Å². The summed E-state index contributed by atoms with van der Waals surface area (Å²) in [5, 5.41) is 1.08. The lowest BCUT2D eigenvalue weighted by molar-refractivity contribution is 0.138. The maximum absolute atomic E-state index is 5.79. The molecule has 0 amide bonds. The summed E-state index contributed by atoms with van der Waals surface area (Å²) in [4.78, 5) is 10.6. The van der Waals surface area contributed by atoms with E-state index < -0.39 is 0 Å². The SMILES string of the molecule is COCc1nc(N2CCN(C)C(C)(C)C2)sc1CN. The van der Waals surface area contributed by atoms with E-state index in [1.807, 2.05) is 0 Å². The molecule has 0 aromatic carbocycles. The van der Waals surface area contributed by atoms with E-state index >= 15 is 0 Å². The van der Waals surface area contributed by atoms with Gasteiger partial charge in [-0.15, -0.1) is 11.3 Å². The van der Waals surface area contributed by atoms with Gasteiger partial charge in [-0.2, -0.15) is 0 Å². The summed E-state index contributed by atoms with van der Waals surface area (Å²) >= 11 is 1.70. The van der Waals surface area contributed by atoms with Gasteiger partial charge in [0, 0.05) is 43.7 Å². The summed E-state index contributed by atoms with van der Waals surface area (Å²) in [6.45, 7) is 8.69. The van der Waals surface area contributed by atoms with Crippen molar-refractivity contribution in [2.75, 3.05) is 38.7 Å². The molecule has 1 aliphatic heterocycles. The molecule has 19 heavy (non-hydrogen) atoms. The van der Waals surface area contributed by atoms with E-state index in [4.69, 9.17) is 15.5 Å². The number of hydrogen-bond donors (Lipinski definition) is 1. The molecule has 6 heteroatoms. The normalized spacial score (nSPS) is 19.9. The molecule has 5 nitrogen and oxygen atoms in total. The van der Waals surface area contributed by atoms with E-state index in [1.54, 1.807) is 18.4 Å². The van der Waals surface area contributed by atoms with Crippen LogP contribution in [0.25, 0.3) is 0 Å². The van der Waals surface area contributed by atoms with Crippen LogP contribution >= 0.6 is 11.3 Å². The Kier molecular flexibility index (Phi) is 4.45. The fraction of sp³-hybridized carbons (Fsp3) is 0.769. The van der Waals surface area contributed by atoms with Gasteiger partial charge in [-0.1, -0.05) is 0 Å². The maximum atomic E-state index is 5.79. The molecule has 108 valence electrons. The molecule has 0 aliphatic carbocycles. The van der Waals surface area contributed by atoms with E-state index in [2.05, 4.69) is 30.7 Å². The Morgan fingerprint density at radius 1 is 1.42 bits per heavy atom. The van der Waals surface area contributed by atoms with Gasteiger partial charge in [-0.05, 0) is 20.9 Å². The maximum Gasteiger partial charge on any atom is 0.186 e. The van der Waals surface area contributed by atoms with Crippen LogP contribution in [-0.4, -0.2) is 49.2 Å². The summed E-state index contributed by atoms with van der Waals surface area (Å²) < 4.78 is 5.19. The van der Waals surface area contributed by atoms with Crippen LogP contribution in [0.5, 0.6) is 0 Å². The summed E-state index contributed by atoms with van der Waals surface area (Å²) in [6.07, 6.45) is 0. The monoisotopic (exact) mass is 284 g/mol. The summed E-state index contributed by atoms with van der Waals surface area (Å²) in [5.41, 5.74) is 6.95. The molecule has 0 atom stereocenters. The lowest BCUT2D eigenvalue weighted by Crippen LogP contribution is -2.57. The second-order valence-corrected chi connectivity index (χ2v) is 6.72. The Balaban J connectivity index is 2.18. The molecule has 2 rings (SSSR count). The van der Waals surface area contributed by atoms with Crippen LogP contribution in [0.3, 0.4) is 0 Å². The highest BCUT2D eigenvalue weighted by atomic mass is 32.1. The third kappa shape index (κ3) is 3.08. The third-order valence-corrected chi connectivity index (χ3v) is 5.00. The Morgan fingerprint density at radius 3 is 2.74 bits per heavy atom. The lowest BCUT2D eigenvalue weighted by atomic mass is 10.0. The van der Waals surface area contributed by atoms with Gasteiger partial charge in [-0.3, -0.25) is 4.90 Å². The molecular formula is C13H24N4OS. The Morgan fingerprint density at radius 2 is 2.16 bits per heavy atom. The average Bonchev–Trinajstić information content (AvgIpc) is 2.76. The molecule has 1 aromatic heterocycles. The van der Waals surface area contributed by atoms with Crippen LogP contribution < -0.4 is 10.6 Å². The number of hydrogen-bond acceptors (Lipinski definition) is 6. The quantitative estimate of drug-likeness (QED) is 0.902. The molecule has 1 aromatic rings. The second kappa shape index (κ2) is 5.75. The molecule has 0 spiro atoms. The number of likely N-dealkylation sites (N-methyl/N-ethyl adjacent to an activating group) is 1. The number of piperazine rings is 1. The lowest BCUT2D eigenvalue weighted by Gasteiger charge is -2.45. The average molecular weight is 284 g/mol. The van der Waals surface area contributed by atoms with E-state index in [1.165, 1.54) is 0 Å². The highest BCUT2D eigenvalue weighted by molar-refractivity contribution is 7.15. The number of methoxy groups -OCH3 is 1. The number of thiazole rings is 1. The van der Waals surface area contributed by atoms with Crippen molar-refractivity contribution in [1.82, 2.24) is 9.88 Å². The minimum atomic E-state index is 0.175. The number of aromatic nitrogens is 1. The van der Waals surface area contributed by atoms with Crippen LogP contribution in [0.1, 0.15) is 24.4 Å². The predicted molar refractivity (Wildman–Crippen MR) is 79.6 cm³/mol. The van der Waals surface area contributed by atoms with Gasteiger partial charge >= 0.3 is 0 Å². The van der Waals surface area contributed by atoms with Crippen molar-refractivity contribution < 1.29 is 4.74 Å². The first-order valence-corrected chi connectivity index (χ1v) is 7.43. The van der Waals surface area contributed by atoms with Crippen molar-refractivity contribution in [2.24, 2.45) is 5.73 Å². The summed E-state index contributed by atoms with van der Waals surface area (Å²) in [7, 11) is 3.87. The van der Waals surface area contributed by atoms with Gasteiger partial charge in [0.2, 0.25) is 0 Å². The Hall–Kier alpha value is -0.690. The number of nitrogens with two attached hydrogens (primary N) is 1. The zero-order valence-corrected chi connectivity index (χ0v) is 13.1. The Bertz CT molecular complexity index is 432. The number of ether oxygens (including phenoxy) is 1. The van der Waals surface area contributed by atoms with Gasteiger partial charge < -0.3 is 15.4 Å². The van der Waals surface area contributed by atoms with Gasteiger partial charge in [0.1, 0.15) is 0 Å². The van der Waals surface area contributed by atoms with Gasteiger partial charge in [0.25, 0.3) is 0 Å². The van der Waals surface area contributed by atoms with Crippen LogP contribution in [0.15, 0.2) is 0 Å². The fourth-order valence-corrected chi connectivity index (χ4v) is 3.28. The molecule has 1 aliphatic rings. The van der Waals surface area contributed by atoms with Gasteiger partial charge in [0.05, 0.1) is 12.3 Å². The molecule has 0 radical (unpaired) electrons. The standard InChI is InChI=1S/C13H24N4OS/c1-13(2)9-17(6-5-16(13)3)12-15-10(8-18-4)11(7-14)19-12/h5-9,14H2,1-4H3. The third-order valence-electron chi connectivity index (χ3n) is 3.82. The number of rotatable bonds is 4. The van der Waals surface area contributed by atoms with Crippen molar-refractivity contribution in [1.29, 1.82) is 0 Å². The first-order chi connectivity index (χ1) is 8.97.